The Morgan fingerprint density at radius 2 is 2.35 bits per heavy atom. The number of hydrazine groups is 1. The fraction of sp³-hybridized carbons (Fsp3) is 0.421. The Morgan fingerprint density at radius 1 is 1.42 bits per heavy atom. The maximum atomic E-state index is 9.39. The summed E-state index contributed by atoms with van der Waals surface area (Å²) >= 11 is 0. The van der Waals surface area contributed by atoms with E-state index in [4.69, 9.17) is 4.52 Å². The van der Waals surface area contributed by atoms with Crippen LogP contribution in [-0.2, 0) is 0 Å². The number of fused-ring (bicyclic) bond motifs is 1. The molecule has 1 aliphatic carbocycles. The first-order valence-electron chi connectivity index (χ1n) is 8.99. The molecule has 1 aromatic heterocycles. The molecule has 1 aromatic carbocycles. The second-order valence-electron chi connectivity index (χ2n) is 6.90. The number of benzene rings is 1. The molecule has 134 valence electrons. The van der Waals surface area contributed by atoms with Crippen LogP contribution < -0.4 is 16.2 Å². The zero-order chi connectivity index (χ0) is 17.9. The van der Waals surface area contributed by atoms with Crippen LogP contribution in [0.1, 0.15) is 36.6 Å². The third-order valence-electron chi connectivity index (χ3n) is 5.26. The van der Waals surface area contributed by atoms with Gasteiger partial charge in [-0.15, -0.1) is 6.58 Å². The van der Waals surface area contributed by atoms with Gasteiger partial charge < -0.3 is 9.84 Å². The van der Waals surface area contributed by atoms with Crippen LogP contribution in [0, 0.1) is 17.2 Å². The molecule has 1 saturated carbocycles. The van der Waals surface area contributed by atoms with Gasteiger partial charge in [0, 0.05) is 30.6 Å². The topological polar surface area (TPSA) is 98.8 Å². The lowest BCUT2D eigenvalue weighted by Gasteiger charge is -2.28. The van der Waals surface area contributed by atoms with Crippen molar-refractivity contribution in [3.05, 3.63) is 42.2 Å². The lowest BCUT2D eigenvalue weighted by Crippen LogP contribution is -2.34. The number of aromatic nitrogens is 2. The Morgan fingerprint density at radius 3 is 3.19 bits per heavy atom. The van der Waals surface area contributed by atoms with Gasteiger partial charge in [-0.1, -0.05) is 11.2 Å². The van der Waals surface area contributed by atoms with Crippen LogP contribution in [0.4, 0.5) is 5.69 Å². The number of nitrogens with one attached hydrogen (secondary N) is 3. The Kier molecular flexibility index (Phi) is 4.69. The van der Waals surface area contributed by atoms with E-state index >= 15 is 0 Å². The monoisotopic (exact) mass is 350 g/mol. The van der Waals surface area contributed by atoms with E-state index in [2.05, 4.69) is 39.0 Å². The van der Waals surface area contributed by atoms with Crippen molar-refractivity contribution in [3.63, 3.8) is 0 Å². The predicted octanol–water partition coefficient (Wildman–Crippen LogP) is 2.57. The van der Waals surface area contributed by atoms with Gasteiger partial charge in [0.2, 0.25) is 0 Å². The average Bonchev–Trinajstić information content (AvgIpc) is 3.34. The predicted molar refractivity (Wildman–Crippen MR) is 98.1 cm³/mol. The van der Waals surface area contributed by atoms with Crippen LogP contribution in [0.5, 0.6) is 0 Å². The summed E-state index contributed by atoms with van der Waals surface area (Å²) in [7, 11) is 0. The van der Waals surface area contributed by atoms with Crippen LogP contribution in [0.3, 0.4) is 0 Å². The fourth-order valence-electron chi connectivity index (χ4n) is 3.86. The van der Waals surface area contributed by atoms with Gasteiger partial charge in [0.1, 0.15) is 6.07 Å². The molecular formula is C19H22N6O. The number of hydrogen-bond donors (Lipinski definition) is 3. The molecule has 1 saturated heterocycles. The summed E-state index contributed by atoms with van der Waals surface area (Å²) in [5, 5.41) is 16.8. The molecule has 7 nitrogen and oxygen atoms in total. The van der Waals surface area contributed by atoms with E-state index in [0.29, 0.717) is 35.9 Å². The van der Waals surface area contributed by atoms with Crippen molar-refractivity contribution in [2.45, 2.75) is 31.2 Å². The third kappa shape index (κ3) is 3.21. The molecule has 1 aliphatic heterocycles. The number of rotatable bonds is 5. The summed E-state index contributed by atoms with van der Waals surface area (Å²) < 4.78 is 5.50. The quantitative estimate of drug-likeness (QED) is 0.713. The fourth-order valence-corrected chi connectivity index (χ4v) is 3.86. The van der Waals surface area contributed by atoms with Crippen LogP contribution in [0.15, 0.2) is 35.4 Å². The third-order valence-corrected chi connectivity index (χ3v) is 5.26. The summed E-state index contributed by atoms with van der Waals surface area (Å²) in [6.45, 7) is 5.28. The van der Waals surface area contributed by atoms with Crippen LogP contribution in [0.25, 0.3) is 11.5 Å². The van der Waals surface area contributed by atoms with Crippen molar-refractivity contribution in [2.75, 3.05) is 18.4 Å². The summed E-state index contributed by atoms with van der Waals surface area (Å²) in [6, 6.07) is 8.31. The normalized spacial score (nSPS) is 24.7. The number of hydrogen-bond acceptors (Lipinski definition) is 7. The Hall–Kier alpha value is -2.69. The molecule has 3 unspecified atom stereocenters. The number of anilines is 1. The van der Waals surface area contributed by atoms with Gasteiger partial charge >= 0.3 is 0 Å². The van der Waals surface area contributed by atoms with E-state index in [-0.39, 0.29) is 0 Å². The highest BCUT2D eigenvalue weighted by Crippen LogP contribution is 2.37. The summed E-state index contributed by atoms with van der Waals surface area (Å²) in [6.07, 6.45) is 5.00. The Labute approximate surface area is 152 Å². The maximum absolute atomic E-state index is 9.39. The van der Waals surface area contributed by atoms with E-state index in [0.717, 1.165) is 42.9 Å². The molecule has 0 bridgehead atoms. The zero-order valence-corrected chi connectivity index (χ0v) is 14.5. The summed E-state index contributed by atoms with van der Waals surface area (Å²) in [4.78, 5) is 4.62. The molecule has 3 atom stereocenters. The maximum Gasteiger partial charge on any atom is 0.257 e. The van der Waals surface area contributed by atoms with Crippen LogP contribution in [0.2, 0.25) is 0 Å². The van der Waals surface area contributed by atoms with Gasteiger partial charge in [0.05, 0.1) is 11.3 Å². The minimum absolute atomic E-state index is 0.333. The van der Waals surface area contributed by atoms with E-state index in [9.17, 15) is 5.26 Å². The lowest BCUT2D eigenvalue weighted by molar-refractivity contribution is 0.290. The lowest BCUT2D eigenvalue weighted by atomic mass is 9.79. The van der Waals surface area contributed by atoms with Crippen molar-refractivity contribution in [3.8, 4) is 17.5 Å². The highest BCUT2D eigenvalue weighted by molar-refractivity contribution is 5.66. The first-order valence-corrected chi connectivity index (χ1v) is 8.99. The van der Waals surface area contributed by atoms with E-state index < -0.39 is 0 Å². The minimum atomic E-state index is 0.333. The minimum Gasteiger partial charge on any atom is -0.381 e. The highest BCUT2D eigenvalue weighted by Gasteiger charge is 2.36. The summed E-state index contributed by atoms with van der Waals surface area (Å²) in [5.41, 5.74) is 8.67. The SMILES string of the molecule is C=CCNc1ccc(-c2nc(C3CCC4NNCC4C3)no2)cc1C#N. The molecule has 7 heteroatoms. The van der Waals surface area contributed by atoms with Gasteiger partial charge in [-0.2, -0.15) is 10.2 Å². The smallest absolute Gasteiger partial charge is 0.257 e. The van der Waals surface area contributed by atoms with Gasteiger partial charge in [-0.05, 0) is 43.4 Å². The van der Waals surface area contributed by atoms with Crippen LogP contribution in [-0.4, -0.2) is 29.3 Å². The van der Waals surface area contributed by atoms with Gasteiger partial charge in [-0.3, -0.25) is 10.9 Å². The Balaban J connectivity index is 1.52. The van der Waals surface area contributed by atoms with Gasteiger partial charge in [0.25, 0.3) is 5.89 Å². The van der Waals surface area contributed by atoms with E-state index in [1.807, 2.05) is 12.1 Å². The van der Waals surface area contributed by atoms with Crippen molar-refractivity contribution in [1.29, 1.82) is 5.26 Å². The second kappa shape index (κ2) is 7.28. The van der Waals surface area contributed by atoms with Crippen molar-refractivity contribution < 1.29 is 4.52 Å². The molecule has 4 rings (SSSR count). The average molecular weight is 350 g/mol. The molecule has 2 fully saturated rings. The second-order valence-corrected chi connectivity index (χ2v) is 6.90. The molecular weight excluding hydrogens is 328 g/mol. The molecule has 3 N–H and O–H groups in total. The number of nitrogens with zero attached hydrogens (tertiary/aromatic N) is 3. The molecule has 0 amide bonds. The van der Waals surface area contributed by atoms with Crippen molar-refractivity contribution >= 4 is 5.69 Å². The van der Waals surface area contributed by atoms with Gasteiger partial charge in [0.15, 0.2) is 5.82 Å². The molecule has 0 spiro atoms. The first-order chi connectivity index (χ1) is 12.8. The van der Waals surface area contributed by atoms with Crippen LogP contribution >= 0.6 is 0 Å². The Bertz CT molecular complexity index is 839. The number of nitriles is 1. The zero-order valence-electron chi connectivity index (χ0n) is 14.5. The van der Waals surface area contributed by atoms with Crippen molar-refractivity contribution in [2.24, 2.45) is 5.92 Å². The van der Waals surface area contributed by atoms with E-state index in [1.54, 1.807) is 12.1 Å². The van der Waals surface area contributed by atoms with E-state index in [1.165, 1.54) is 0 Å². The van der Waals surface area contributed by atoms with Gasteiger partial charge in [-0.25, -0.2) is 0 Å². The van der Waals surface area contributed by atoms with Crippen molar-refractivity contribution in [1.82, 2.24) is 21.0 Å². The summed E-state index contributed by atoms with van der Waals surface area (Å²) in [5.74, 6) is 2.20. The molecule has 2 aromatic rings. The highest BCUT2D eigenvalue weighted by atomic mass is 16.5. The molecule has 2 heterocycles. The first kappa shape index (κ1) is 16.8. The largest absolute Gasteiger partial charge is 0.381 e. The molecule has 2 aliphatic rings. The molecule has 0 radical (unpaired) electrons. The standard InChI is InChI=1S/C19H22N6O/c1-2-7-21-16-5-4-13(9-14(16)10-20)19-23-18(25-26-19)12-3-6-17-15(8-12)11-22-24-17/h2,4-5,9,12,15,17,21-22,24H,1,3,6-8,11H2. The molecule has 26 heavy (non-hydrogen) atoms.